The molecule has 4 heteroatoms. The fourth-order valence-electron chi connectivity index (χ4n) is 1.69. The highest BCUT2D eigenvalue weighted by atomic mass is 15.8. The van der Waals surface area contributed by atoms with Crippen molar-refractivity contribution in [3.05, 3.63) is 0 Å². The molecule has 1 atom stereocenters. The molecule has 0 radical (unpaired) electrons. The van der Waals surface area contributed by atoms with Gasteiger partial charge >= 0.3 is 0 Å². The maximum atomic E-state index is 2.29. The van der Waals surface area contributed by atoms with Gasteiger partial charge in [0.05, 0.1) is 6.67 Å². The maximum Gasteiger partial charge on any atom is 0.132 e. The Kier molecular flexibility index (Phi) is 2.49. The molecule has 0 bridgehead atoms. The van der Waals surface area contributed by atoms with Crippen LogP contribution in [0.15, 0.2) is 0 Å². The average molecular weight is 158 g/mol. The molecule has 1 heterocycles. The summed E-state index contributed by atoms with van der Waals surface area (Å²) < 4.78 is 0. The van der Waals surface area contributed by atoms with E-state index in [9.17, 15) is 0 Å². The third-order valence-corrected chi connectivity index (χ3v) is 2.16. The predicted molar refractivity (Wildman–Crippen MR) is 45.6 cm³/mol. The van der Waals surface area contributed by atoms with Gasteiger partial charge in [-0.1, -0.05) is 0 Å². The van der Waals surface area contributed by atoms with E-state index in [0.717, 1.165) is 6.67 Å². The highest BCUT2D eigenvalue weighted by Crippen LogP contribution is 2.14. The normalized spacial score (nSPS) is 30.5. The Morgan fingerprint density at radius 1 is 1.18 bits per heavy atom. The van der Waals surface area contributed by atoms with Crippen molar-refractivity contribution in [2.75, 3.05) is 41.9 Å². The smallest absolute Gasteiger partial charge is 0.132 e. The van der Waals surface area contributed by atoms with E-state index < -0.39 is 0 Å². The first-order chi connectivity index (χ1) is 5.04. The van der Waals surface area contributed by atoms with Crippen molar-refractivity contribution in [2.45, 2.75) is 6.29 Å². The fourth-order valence-corrected chi connectivity index (χ4v) is 1.69. The molecule has 1 rings (SSSR count). The first kappa shape index (κ1) is 8.93. The van der Waals surface area contributed by atoms with Crippen LogP contribution in [-0.2, 0) is 0 Å². The molecule has 1 fully saturated rings. The van der Waals surface area contributed by atoms with Gasteiger partial charge in [-0.2, -0.15) is 0 Å². The summed E-state index contributed by atoms with van der Waals surface area (Å²) in [5.74, 6) is 0. The van der Waals surface area contributed by atoms with Crippen LogP contribution in [-0.4, -0.2) is 68.0 Å². The monoisotopic (exact) mass is 158 g/mol. The summed E-state index contributed by atoms with van der Waals surface area (Å²) >= 11 is 0. The first-order valence-corrected chi connectivity index (χ1v) is 3.84. The Morgan fingerprint density at radius 2 is 1.73 bits per heavy atom. The van der Waals surface area contributed by atoms with Gasteiger partial charge in [0.25, 0.3) is 0 Å². The van der Waals surface area contributed by atoms with E-state index in [2.05, 4.69) is 55.1 Å². The summed E-state index contributed by atoms with van der Waals surface area (Å²) in [7, 11) is 10.5. The summed E-state index contributed by atoms with van der Waals surface area (Å²) in [5.41, 5.74) is 0. The lowest BCUT2D eigenvalue weighted by molar-refractivity contribution is -0.0224. The van der Waals surface area contributed by atoms with E-state index in [4.69, 9.17) is 0 Å². The van der Waals surface area contributed by atoms with Crippen molar-refractivity contribution >= 4 is 0 Å². The van der Waals surface area contributed by atoms with E-state index in [1.54, 1.807) is 0 Å². The lowest BCUT2D eigenvalue weighted by Gasteiger charge is -2.31. The molecule has 11 heavy (non-hydrogen) atoms. The van der Waals surface area contributed by atoms with Crippen molar-refractivity contribution in [1.82, 2.24) is 19.8 Å². The average Bonchev–Trinajstić information content (AvgIpc) is 2.07. The largest absolute Gasteiger partial charge is 0.281 e. The van der Waals surface area contributed by atoms with Gasteiger partial charge in [0.15, 0.2) is 0 Å². The lowest BCUT2D eigenvalue weighted by Crippen LogP contribution is -2.47. The number of nitrogens with zero attached hydrogens (tertiary/aromatic N) is 4. The summed E-state index contributed by atoms with van der Waals surface area (Å²) in [6, 6.07) is 0. The van der Waals surface area contributed by atoms with Gasteiger partial charge in [0.2, 0.25) is 0 Å². The van der Waals surface area contributed by atoms with E-state index >= 15 is 0 Å². The Labute approximate surface area is 68.9 Å². The Bertz CT molecular complexity index is 136. The molecule has 1 aliphatic heterocycles. The van der Waals surface area contributed by atoms with Gasteiger partial charge in [0, 0.05) is 14.1 Å². The van der Waals surface area contributed by atoms with Crippen LogP contribution in [0.1, 0.15) is 0 Å². The Balaban J connectivity index is 2.63. The minimum Gasteiger partial charge on any atom is -0.281 e. The van der Waals surface area contributed by atoms with Crippen LogP contribution in [0.4, 0.5) is 0 Å². The summed E-state index contributed by atoms with van der Waals surface area (Å²) in [6.45, 7) is 0.999. The van der Waals surface area contributed by atoms with Gasteiger partial charge in [-0.15, -0.1) is 0 Å². The molecule has 66 valence electrons. The zero-order valence-corrected chi connectivity index (χ0v) is 8.07. The minimum absolute atomic E-state index is 0.403. The minimum atomic E-state index is 0.403. The van der Waals surface area contributed by atoms with E-state index in [0.29, 0.717) is 6.29 Å². The topological polar surface area (TPSA) is 13.0 Å². The van der Waals surface area contributed by atoms with Gasteiger partial charge in [-0.25, -0.2) is 10.0 Å². The molecule has 1 unspecified atom stereocenters. The molecule has 0 saturated carbocycles. The van der Waals surface area contributed by atoms with Crippen LogP contribution < -0.4 is 0 Å². The zero-order chi connectivity index (χ0) is 8.59. The standard InChI is InChI=1S/C7H18N4/c1-8(2)7-9(3)6-10(4)11(7)5/h7H,6H2,1-5H3. The number of hydrogen-bond donors (Lipinski definition) is 0. The van der Waals surface area contributed by atoms with Crippen molar-refractivity contribution in [3.8, 4) is 0 Å². The Hall–Kier alpha value is -0.160. The second-order valence-electron chi connectivity index (χ2n) is 3.44. The first-order valence-electron chi connectivity index (χ1n) is 3.84. The van der Waals surface area contributed by atoms with E-state index in [1.807, 2.05) is 0 Å². The third-order valence-electron chi connectivity index (χ3n) is 2.16. The molecule has 1 aliphatic rings. The van der Waals surface area contributed by atoms with E-state index in [1.165, 1.54) is 0 Å². The molecule has 0 aromatic heterocycles. The highest BCUT2D eigenvalue weighted by molar-refractivity contribution is 4.69. The Morgan fingerprint density at radius 3 is 1.91 bits per heavy atom. The molecule has 0 aromatic carbocycles. The molecule has 0 amide bonds. The SMILES string of the molecule is CN(C)C1N(C)CN(C)N1C. The van der Waals surface area contributed by atoms with Gasteiger partial charge in [-0.05, 0) is 21.1 Å². The third kappa shape index (κ3) is 1.54. The molecule has 0 N–H and O–H groups in total. The quantitative estimate of drug-likeness (QED) is 0.510. The summed E-state index contributed by atoms with van der Waals surface area (Å²) in [4.78, 5) is 4.49. The van der Waals surface area contributed by atoms with Crippen molar-refractivity contribution in [1.29, 1.82) is 0 Å². The fraction of sp³-hybridized carbons (Fsp3) is 1.00. The zero-order valence-electron chi connectivity index (χ0n) is 8.07. The van der Waals surface area contributed by atoms with Crippen molar-refractivity contribution in [3.63, 3.8) is 0 Å². The highest BCUT2D eigenvalue weighted by Gasteiger charge is 2.31. The van der Waals surface area contributed by atoms with Gasteiger partial charge < -0.3 is 0 Å². The molecule has 0 aromatic rings. The molecule has 4 nitrogen and oxygen atoms in total. The summed E-state index contributed by atoms with van der Waals surface area (Å²) in [6.07, 6.45) is 0.403. The molecule has 0 spiro atoms. The van der Waals surface area contributed by atoms with Crippen LogP contribution in [0.2, 0.25) is 0 Å². The van der Waals surface area contributed by atoms with Crippen LogP contribution >= 0.6 is 0 Å². The number of rotatable bonds is 1. The number of hydrogen-bond acceptors (Lipinski definition) is 4. The van der Waals surface area contributed by atoms with Crippen molar-refractivity contribution in [2.24, 2.45) is 0 Å². The van der Waals surface area contributed by atoms with Crippen LogP contribution in [0, 0.1) is 0 Å². The molecular formula is C7H18N4. The van der Waals surface area contributed by atoms with E-state index in [-0.39, 0.29) is 0 Å². The lowest BCUT2D eigenvalue weighted by atomic mass is 10.6. The van der Waals surface area contributed by atoms with Crippen LogP contribution in [0.5, 0.6) is 0 Å². The van der Waals surface area contributed by atoms with Gasteiger partial charge in [-0.3, -0.25) is 9.80 Å². The van der Waals surface area contributed by atoms with Crippen LogP contribution in [0.25, 0.3) is 0 Å². The molecule has 1 saturated heterocycles. The van der Waals surface area contributed by atoms with Gasteiger partial charge in [0.1, 0.15) is 6.29 Å². The second kappa shape index (κ2) is 3.06. The maximum absolute atomic E-state index is 2.29. The summed E-state index contributed by atoms with van der Waals surface area (Å²) in [5, 5.41) is 4.42. The van der Waals surface area contributed by atoms with Crippen LogP contribution in [0.3, 0.4) is 0 Å². The number of hydrazine groups is 1. The predicted octanol–water partition coefficient (Wildman–Crippen LogP) is -0.487. The molecule has 0 aliphatic carbocycles. The van der Waals surface area contributed by atoms with Crippen molar-refractivity contribution < 1.29 is 0 Å². The second-order valence-corrected chi connectivity index (χ2v) is 3.44. The molecular weight excluding hydrogens is 140 g/mol.